The molecule has 2 aromatic rings. The van der Waals surface area contributed by atoms with E-state index in [4.69, 9.17) is 11.6 Å². The lowest BCUT2D eigenvalue weighted by molar-refractivity contribution is -0.133. The van der Waals surface area contributed by atoms with Crippen LogP contribution < -0.4 is 4.90 Å². The second-order valence-electron chi connectivity index (χ2n) is 6.05. The largest absolute Gasteiger partial charge is 0.386 e. The summed E-state index contributed by atoms with van der Waals surface area (Å²) < 4.78 is 1.48. The minimum Gasteiger partial charge on any atom is -0.386 e. The molecule has 0 bridgehead atoms. The van der Waals surface area contributed by atoms with Gasteiger partial charge in [0.05, 0.1) is 24.3 Å². The molecular formula is C15H19ClN6O2. The molecule has 1 fully saturated rings. The van der Waals surface area contributed by atoms with Crippen molar-refractivity contribution in [3.8, 4) is 0 Å². The van der Waals surface area contributed by atoms with E-state index in [1.54, 1.807) is 31.7 Å². The number of anilines is 1. The Labute approximate surface area is 144 Å². The van der Waals surface area contributed by atoms with Crippen LogP contribution in [-0.4, -0.2) is 67.9 Å². The molecule has 1 N–H and O–H groups in total. The number of likely N-dealkylation sites (N-methyl/N-ethyl adjacent to an activating group) is 1. The smallest absolute Gasteiger partial charge is 0.244 e. The molecule has 0 unspecified atom stereocenters. The van der Waals surface area contributed by atoms with Crippen molar-refractivity contribution in [3.05, 3.63) is 35.9 Å². The van der Waals surface area contributed by atoms with Crippen LogP contribution in [0.4, 0.5) is 5.95 Å². The van der Waals surface area contributed by atoms with Gasteiger partial charge in [0.25, 0.3) is 0 Å². The standard InChI is InChI=1S/C15H19ClN6O2/c1-20(13(23)9-22-8-12(16)7-19-22)10-15(24)3-6-21(11-15)14-17-4-2-5-18-14/h2,4-5,7-8,24H,3,6,9-11H2,1H3/t15-/m1/s1. The topological polar surface area (TPSA) is 87.4 Å². The van der Waals surface area contributed by atoms with Gasteiger partial charge in [0, 0.05) is 32.2 Å². The first-order chi connectivity index (χ1) is 11.5. The maximum Gasteiger partial charge on any atom is 0.244 e. The van der Waals surface area contributed by atoms with Crippen molar-refractivity contribution in [1.82, 2.24) is 24.6 Å². The summed E-state index contributed by atoms with van der Waals surface area (Å²) >= 11 is 5.79. The number of rotatable bonds is 5. The molecule has 2 aromatic heterocycles. The minimum absolute atomic E-state index is 0.0881. The Morgan fingerprint density at radius 2 is 2.21 bits per heavy atom. The highest BCUT2D eigenvalue weighted by Gasteiger charge is 2.38. The van der Waals surface area contributed by atoms with Crippen molar-refractivity contribution in [2.75, 3.05) is 31.6 Å². The number of carbonyl (C=O) groups excluding carboxylic acids is 1. The molecular weight excluding hydrogens is 332 g/mol. The molecule has 3 heterocycles. The fourth-order valence-electron chi connectivity index (χ4n) is 2.82. The van der Waals surface area contributed by atoms with Crippen LogP contribution in [0.1, 0.15) is 6.42 Å². The molecule has 0 saturated carbocycles. The van der Waals surface area contributed by atoms with E-state index in [-0.39, 0.29) is 19.0 Å². The van der Waals surface area contributed by atoms with Gasteiger partial charge in [-0.05, 0) is 12.5 Å². The molecule has 9 heteroatoms. The predicted molar refractivity (Wildman–Crippen MR) is 88.7 cm³/mol. The molecule has 1 amide bonds. The Balaban J connectivity index is 1.57. The summed E-state index contributed by atoms with van der Waals surface area (Å²) in [6, 6.07) is 1.75. The first-order valence-corrected chi connectivity index (χ1v) is 7.99. The molecule has 1 atom stereocenters. The fourth-order valence-corrected chi connectivity index (χ4v) is 2.98. The third-order valence-corrected chi connectivity index (χ3v) is 4.22. The van der Waals surface area contributed by atoms with E-state index in [1.165, 1.54) is 15.8 Å². The molecule has 24 heavy (non-hydrogen) atoms. The number of aliphatic hydroxyl groups is 1. The lowest BCUT2D eigenvalue weighted by Crippen LogP contribution is -2.46. The highest BCUT2D eigenvalue weighted by Crippen LogP contribution is 2.25. The molecule has 0 aliphatic carbocycles. The Morgan fingerprint density at radius 3 is 2.88 bits per heavy atom. The second kappa shape index (κ2) is 6.74. The maximum atomic E-state index is 12.3. The van der Waals surface area contributed by atoms with Crippen molar-refractivity contribution in [2.24, 2.45) is 0 Å². The van der Waals surface area contributed by atoms with Crippen LogP contribution >= 0.6 is 11.6 Å². The number of amides is 1. The average molecular weight is 351 g/mol. The highest BCUT2D eigenvalue weighted by molar-refractivity contribution is 6.30. The first-order valence-electron chi connectivity index (χ1n) is 7.61. The average Bonchev–Trinajstić information content (AvgIpc) is 3.14. The Bertz CT molecular complexity index is 709. The Kier molecular flexibility index (Phi) is 4.68. The van der Waals surface area contributed by atoms with Gasteiger partial charge in [-0.2, -0.15) is 5.10 Å². The fraction of sp³-hybridized carbons (Fsp3) is 0.467. The summed E-state index contributed by atoms with van der Waals surface area (Å²) in [4.78, 5) is 24.1. The van der Waals surface area contributed by atoms with Crippen LogP contribution in [0.2, 0.25) is 5.02 Å². The third kappa shape index (κ3) is 3.82. The maximum absolute atomic E-state index is 12.3. The predicted octanol–water partition coefficient (Wildman–Crippen LogP) is 0.426. The molecule has 8 nitrogen and oxygen atoms in total. The Morgan fingerprint density at radius 1 is 1.46 bits per heavy atom. The summed E-state index contributed by atoms with van der Waals surface area (Å²) in [5.74, 6) is 0.450. The zero-order valence-electron chi connectivity index (χ0n) is 13.3. The number of halogens is 1. The normalized spacial score (nSPS) is 20.4. The van der Waals surface area contributed by atoms with Crippen LogP contribution in [0.5, 0.6) is 0 Å². The lowest BCUT2D eigenvalue weighted by Gasteiger charge is -2.29. The molecule has 3 rings (SSSR count). The highest BCUT2D eigenvalue weighted by atomic mass is 35.5. The van der Waals surface area contributed by atoms with Crippen molar-refractivity contribution >= 4 is 23.5 Å². The van der Waals surface area contributed by atoms with Gasteiger partial charge >= 0.3 is 0 Å². The van der Waals surface area contributed by atoms with E-state index in [0.717, 1.165) is 0 Å². The van der Waals surface area contributed by atoms with E-state index in [2.05, 4.69) is 15.1 Å². The van der Waals surface area contributed by atoms with Gasteiger partial charge in [-0.25, -0.2) is 9.97 Å². The van der Waals surface area contributed by atoms with Gasteiger partial charge in [-0.15, -0.1) is 0 Å². The van der Waals surface area contributed by atoms with E-state index in [9.17, 15) is 9.90 Å². The van der Waals surface area contributed by atoms with Gasteiger partial charge in [-0.1, -0.05) is 11.6 Å². The minimum atomic E-state index is -0.981. The van der Waals surface area contributed by atoms with Gasteiger partial charge in [-0.3, -0.25) is 9.48 Å². The molecule has 1 aliphatic heterocycles. The summed E-state index contributed by atoms with van der Waals surface area (Å²) in [7, 11) is 1.67. The lowest BCUT2D eigenvalue weighted by atomic mass is 10.0. The molecule has 1 aliphatic rings. The number of nitrogens with zero attached hydrogens (tertiary/aromatic N) is 6. The van der Waals surface area contributed by atoms with Crippen LogP contribution in [0.25, 0.3) is 0 Å². The quantitative estimate of drug-likeness (QED) is 0.841. The summed E-state index contributed by atoms with van der Waals surface area (Å²) in [5, 5.41) is 15.3. The zero-order chi connectivity index (χ0) is 17.2. The van der Waals surface area contributed by atoms with Crippen molar-refractivity contribution in [1.29, 1.82) is 0 Å². The SMILES string of the molecule is CN(C[C@]1(O)CCN(c2ncccn2)C1)C(=O)Cn1cc(Cl)cn1. The van der Waals surface area contributed by atoms with Crippen molar-refractivity contribution in [2.45, 2.75) is 18.6 Å². The molecule has 0 aromatic carbocycles. The van der Waals surface area contributed by atoms with Crippen LogP contribution in [0.3, 0.4) is 0 Å². The van der Waals surface area contributed by atoms with Crippen molar-refractivity contribution < 1.29 is 9.90 Å². The summed E-state index contributed by atoms with van der Waals surface area (Å²) in [5.41, 5.74) is -0.981. The molecule has 0 spiro atoms. The monoisotopic (exact) mass is 350 g/mol. The molecule has 1 saturated heterocycles. The van der Waals surface area contributed by atoms with Crippen molar-refractivity contribution in [3.63, 3.8) is 0 Å². The van der Waals surface area contributed by atoms with E-state index in [0.29, 0.717) is 30.5 Å². The number of β-amino-alcohol motifs (C(OH)–C–C–N with tert-alkyl or cyclic N) is 1. The van der Waals surface area contributed by atoms with E-state index < -0.39 is 5.60 Å². The number of hydrogen-bond acceptors (Lipinski definition) is 6. The Hall–Kier alpha value is -2.19. The van der Waals surface area contributed by atoms with Crippen LogP contribution in [0, 0.1) is 0 Å². The zero-order valence-corrected chi connectivity index (χ0v) is 14.1. The van der Waals surface area contributed by atoms with Gasteiger partial charge in [0.2, 0.25) is 11.9 Å². The molecule has 0 radical (unpaired) electrons. The van der Waals surface area contributed by atoms with Gasteiger partial charge in [0.1, 0.15) is 12.1 Å². The number of hydrogen-bond donors (Lipinski definition) is 1. The van der Waals surface area contributed by atoms with E-state index in [1.807, 2.05) is 4.90 Å². The number of carbonyl (C=O) groups is 1. The third-order valence-electron chi connectivity index (χ3n) is 4.02. The van der Waals surface area contributed by atoms with Gasteiger partial charge < -0.3 is 14.9 Å². The van der Waals surface area contributed by atoms with Crippen LogP contribution in [0.15, 0.2) is 30.9 Å². The number of aromatic nitrogens is 4. The van der Waals surface area contributed by atoms with Gasteiger partial charge in [0.15, 0.2) is 0 Å². The molecule has 128 valence electrons. The van der Waals surface area contributed by atoms with Crippen LogP contribution in [-0.2, 0) is 11.3 Å². The second-order valence-corrected chi connectivity index (χ2v) is 6.49. The van der Waals surface area contributed by atoms with E-state index >= 15 is 0 Å². The first kappa shape index (κ1) is 16.7. The summed E-state index contributed by atoms with van der Waals surface area (Å²) in [6.45, 7) is 1.37. The summed E-state index contributed by atoms with van der Waals surface area (Å²) in [6.07, 6.45) is 6.97.